The highest BCUT2D eigenvalue weighted by Crippen LogP contribution is 2.46. The number of fused-ring (bicyclic) bond motifs is 1. The second kappa shape index (κ2) is 10.5. The van der Waals surface area contributed by atoms with E-state index in [9.17, 15) is 19.2 Å². The number of rotatable bonds is 9. The predicted molar refractivity (Wildman–Crippen MR) is 123 cm³/mol. The molecule has 3 amide bonds. The van der Waals surface area contributed by atoms with Crippen molar-refractivity contribution in [1.29, 1.82) is 0 Å². The van der Waals surface area contributed by atoms with Crippen molar-refractivity contribution < 1.29 is 28.7 Å². The maximum atomic E-state index is 13.0. The number of aldehydes is 1. The maximum absolute atomic E-state index is 13.0. The Balaban J connectivity index is 1.28. The van der Waals surface area contributed by atoms with Gasteiger partial charge in [-0.25, -0.2) is 4.79 Å². The summed E-state index contributed by atoms with van der Waals surface area (Å²) in [6, 6.07) is 4.72. The van der Waals surface area contributed by atoms with Gasteiger partial charge in [-0.1, -0.05) is 25.0 Å². The van der Waals surface area contributed by atoms with Gasteiger partial charge in [-0.15, -0.1) is 0 Å². The van der Waals surface area contributed by atoms with Crippen molar-refractivity contribution >= 4 is 24.2 Å². The molecule has 0 aromatic heterocycles. The molecule has 9 nitrogen and oxygen atoms in total. The highest BCUT2D eigenvalue weighted by molar-refractivity contribution is 6.01. The standard InChI is InChI=1S/C25H33N3O6/c1-26-22(30)21(5-4-10-29)28-14-18-7-6-17(11-20(18)23(28)31)13-27-24(32)33-15-19-12-25(16-34-19)8-2-3-9-25/h6-7,10-11,19,21H,2-5,8-9,12-16H2,1H3,(H,26,30)(H,27,32). The number of likely N-dealkylation sites (N-methyl/N-ethyl adjacent to an activating group) is 1. The van der Waals surface area contributed by atoms with E-state index in [1.54, 1.807) is 6.07 Å². The number of benzene rings is 1. The summed E-state index contributed by atoms with van der Waals surface area (Å²) >= 11 is 0. The fourth-order valence-electron chi connectivity index (χ4n) is 5.42. The average Bonchev–Trinajstić information content (AvgIpc) is 3.56. The molecule has 2 N–H and O–H groups in total. The van der Waals surface area contributed by atoms with Crippen LogP contribution in [0.15, 0.2) is 18.2 Å². The topological polar surface area (TPSA) is 114 Å². The van der Waals surface area contributed by atoms with Crippen molar-refractivity contribution in [2.75, 3.05) is 20.3 Å². The van der Waals surface area contributed by atoms with Gasteiger partial charge < -0.3 is 29.8 Å². The van der Waals surface area contributed by atoms with Gasteiger partial charge in [-0.2, -0.15) is 0 Å². The molecule has 2 unspecified atom stereocenters. The van der Waals surface area contributed by atoms with E-state index in [1.165, 1.54) is 37.6 Å². The molecule has 1 saturated carbocycles. The Kier molecular flexibility index (Phi) is 7.50. The molecule has 9 heteroatoms. The van der Waals surface area contributed by atoms with E-state index in [4.69, 9.17) is 9.47 Å². The number of amides is 3. The van der Waals surface area contributed by atoms with Gasteiger partial charge in [0.05, 0.1) is 12.7 Å². The Morgan fingerprint density at radius 3 is 2.85 bits per heavy atom. The van der Waals surface area contributed by atoms with Crippen LogP contribution >= 0.6 is 0 Å². The lowest BCUT2D eigenvalue weighted by Crippen LogP contribution is -2.46. The SMILES string of the molecule is CNC(=O)C(CCC=O)N1Cc2ccc(CNC(=O)OCC3CC4(CCCC4)CO3)cc2C1=O. The first-order chi connectivity index (χ1) is 16.4. The number of hydrogen-bond donors (Lipinski definition) is 2. The van der Waals surface area contributed by atoms with Crippen molar-refractivity contribution in [3.8, 4) is 0 Å². The third-order valence-electron chi connectivity index (χ3n) is 7.28. The van der Waals surface area contributed by atoms with Crippen molar-refractivity contribution in [2.45, 2.75) is 70.2 Å². The van der Waals surface area contributed by atoms with Crippen molar-refractivity contribution in [3.63, 3.8) is 0 Å². The Labute approximate surface area is 199 Å². The zero-order chi connectivity index (χ0) is 24.1. The summed E-state index contributed by atoms with van der Waals surface area (Å²) in [6.45, 7) is 1.54. The molecule has 0 bridgehead atoms. The fourth-order valence-corrected chi connectivity index (χ4v) is 5.42. The molecule has 1 saturated heterocycles. The lowest BCUT2D eigenvalue weighted by molar-refractivity contribution is -0.125. The third-order valence-corrected chi connectivity index (χ3v) is 7.28. The largest absolute Gasteiger partial charge is 0.447 e. The molecule has 2 aliphatic heterocycles. The number of carbonyl (C=O) groups is 4. The highest BCUT2D eigenvalue weighted by Gasteiger charge is 2.42. The average molecular weight is 472 g/mol. The van der Waals surface area contributed by atoms with Crippen molar-refractivity contribution in [3.05, 3.63) is 34.9 Å². The zero-order valence-electron chi connectivity index (χ0n) is 19.6. The fraction of sp³-hybridized carbons (Fsp3) is 0.600. The molecular formula is C25H33N3O6. The molecule has 1 spiro atoms. The summed E-state index contributed by atoms with van der Waals surface area (Å²) in [6.07, 6.45) is 6.52. The van der Waals surface area contributed by atoms with Crippen LogP contribution in [0.5, 0.6) is 0 Å². The minimum atomic E-state index is -0.701. The molecule has 184 valence electrons. The smallest absolute Gasteiger partial charge is 0.407 e. The van der Waals surface area contributed by atoms with Crippen LogP contribution in [-0.4, -0.2) is 61.5 Å². The van der Waals surface area contributed by atoms with E-state index in [2.05, 4.69) is 10.6 Å². The molecule has 1 aliphatic carbocycles. The van der Waals surface area contributed by atoms with Gasteiger partial charge in [0, 0.05) is 32.1 Å². The Bertz CT molecular complexity index is 943. The van der Waals surface area contributed by atoms with Crippen molar-refractivity contribution in [2.24, 2.45) is 5.41 Å². The monoisotopic (exact) mass is 471 g/mol. The molecule has 0 radical (unpaired) electrons. The second-order valence-electron chi connectivity index (χ2n) is 9.59. The van der Waals surface area contributed by atoms with Gasteiger partial charge in [0.25, 0.3) is 5.91 Å². The van der Waals surface area contributed by atoms with Crippen LogP contribution in [-0.2, 0) is 32.2 Å². The molecule has 3 aliphatic rings. The molecule has 2 atom stereocenters. The molecule has 2 heterocycles. The highest BCUT2D eigenvalue weighted by atomic mass is 16.6. The van der Waals surface area contributed by atoms with Crippen LogP contribution in [0.4, 0.5) is 4.79 Å². The quantitative estimate of drug-likeness (QED) is 0.535. The second-order valence-corrected chi connectivity index (χ2v) is 9.59. The number of nitrogens with one attached hydrogen (secondary N) is 2. The predicted octanol–water partition coefficient (Wildman–Crippen LogP) is 2.31. The Morgan fingerprint density at radius 1 is 1.32 bits per heavy atom. The number of ether oxygens (including phenoxy) is 2. The molecule has 2 fully saturated rings. The van der Waals surface area contributed by atoms with E-state index in [1.807, 2.05) is 12.1 Å². The summed E-state index contributed by atoms with van der Waals surface area (Å²) in [5.41, 5.74) is 2.38. The van der Waals surface area contributed by atoms with Crippen LogP contribution in [0, 0.1) is 5.41 Å². The first-order valence-electron chi connectivity index (χ1n) is 12.0. The number of carbonyl (C=O) groups excluding carboxylic acids is 4. The number of nitrogens with zero attached hydrogens (tertiary/aromatic N) is 1. The number of hydrogen-bond acceptors (Lipinski definition) is 6. The van der Waals surface area contributed by atoms with Gasteiger partial charge in [0.15, 0.2) is 0 Å². The van der Waals surface area contributed by atoms with E-state index >= 15 is 0 Å². The summed E-state index contributed by atoms with van der Waals surface area (Å²) < 4.78 is 11.2. The van der Waals surface area contributed by atoms with E-state index < -0.39 is 12.1 Å². The van der Waals surface area contributed by atoms with E-state index in [0.29, 0.717) is 17.5 Å². The first-order valence-corrected chi connectivity index (χ1v) is 12.0. The molecule has 4 rings (SSSR count). The minimum absolute atomic E-state index is 0.0417. The summed E-state index contributed by atoms with van der Waals surface area (Å²) in [5, 5.41) is 5.30. The molecular weight excluding hydrogens is 438 g/mol. The maximum Gasteiger partial charge on any atom is 0.407 e. The van der Waals surface area contributed by atoms with E-state index in [-0.39, 0.29) is 43.9 Å². The van der Waals surface area contributed by atoms with Gasteiger partial charge in [-0.3, -0.25) is 9.59 Å². The summed E-state index contributed by atoms with van der Waals surface area (Å²) in [7, 11) is 1.51. The van der Waals surface area contributed by atoms with Crippen LogP contribution in [0.2, 0.25) is 0 Å². The molecule has 34 heavy (non-hydrogen) atoms. The molecule has 1 aromatic carbocycles. The lowest BCUT2D eigenvalue weighted by Gasteiger charge is -2.25. The van der Waals surface area contributed by atoms with Crippen LogP contribution in [0.25, 0.3) is 0 Å². The summed E-state index contributed by atoms with van der Waals surface area (Å²) in [5.74, 6) is -0.545. The summed E-state index contributed by atoms with van der Waals surface area (Å²) in [4.78, 5) is 49.8. The zero-order valence-corrected chi connectivity index (χ0v) is 19.6. The Morgan fingerprint density at radius 2 is 2.12 bits per heavy atom. The molecule has 1 aromatic rings. The number of alkyl carbamates (subject to hydrolysis) is 1. The first kappa shape index (κ1) is 24.2. The van der Waals surface area contributed by atoms with E-state index in [0.717, 1.165) is 30.4 Å². The van der Waals surface area contributed by atoms with Crippen LogP contribution < -0.4 is 10.6 Å². The normalized spacial score (nSPS) is 21.4. The van der Waals surface area contributed by atoms with Gasteiger partial charge >= 0.3 is 6.09 Å². The third kappa shape index (κ3) is 5.24. The lowest BCUT2D eigenvalue weighted by atomic mass is 9.84. The van der Waals surface area contributed by atoms with Crippen LogP contribution in [0.3, 0.4) is 0 Å². The van der Waals surface area contributed by atoms with Gasteiger partial charge in [-0.05, 0) is 48.3 Å². The van der Waals surface area contributed by atoms with Crippen LogP contribution in [0.1, 0.15) is 66.4 Å². The Hall–Kier alpha value is -2.94. The van der Waals surface area contributed by atoms with Gasteiger partial charge in [0.2, 0.25) is 5.91 Å². The minimum Gasteiger partial charge on any atom is -0.447 e. The van der Waals surface area contributed by atoms with Crippen molar-refractivity contribution in [1.82, 2.24) is 15.5 Å². The van der Waals surface area contributed by atoms with Gasteiger partial charge in [0.1, 0.15) is 18.9 Å².